The molecule has 1 atom stereocenters. The Balaban J connectivity index is 2.16. The minimum Gasteiger partial charge on any atom is -0.377 e. The van der Waals surface area contributed by atoms with Crippen molar-refractivity contribution in [1.29, 1.82) is 0 Å². The van der Waals surface area contributed by atoms with Crippen molar-refractivity contribution in [3.8, 4) is 0 Å². The van der Waals surface area contributed by atoms with E-state index in [-0.39, 0.29) is 0 Å². The van der Waals surface area contributed by atoms with Crippen molar-refractivity contribution in [3.05, 3.63) is 16.9 Å². The van der Waals surface area contributed by atoms with Crippen LogP contribution in [0.2, 0.25) is 0 Å². The van der Waals surface area contributed by atoms with Crippen LogP contribution in [0.1, 0.15) is 6.92 Å². The second kappa shape index (κ2) is 4.23. The zero-order valence-corrected chi connectivity index (χ0v) is 9.57. The Morgan fingerprint density at radius 1 is 1.50 bits per heavy atom. The minimum absolute atomic E-state index is 0.352. The maximum Gasteiger partial charge on any atom is 0.225 e. The monoisotopic (exact) mass is 257 g/mol. The lowest BCUT2D eigenvalue weighted by Gasteiger charge is -2.33. The Morgan fingerprint density at radius 3 is 2.86 bits per heavy atom. The Hall–Kier alpha value is -0.680. The predicted octanol–water partition coefficient (Wildman–Crippen LogP) is 1.46. The first-order valence-electron chi connectivity index (χ1n) is 4.59. The molecule has 1 aliphatic heterocycles. The second-order valence-corrected chi connectivity index (χ2v) is 4.23. The van der Waals surface area contributed by atoms with Gasteiger partial charge in [-0.15, -0.1) is 0 Å². The zero-order valence-electron chi connectivity index (χ0n) is 7.98. The maximum absolute atomic E-state index is 5.35. The Morgan fingerprint density at radius 2 is 2.21 bits per heavy atom. The third-order valence-electron chi connectivity index (χ3n) is 2.23. The summed E-state index contributed by atoms with van der Waals surface area (Å²) >= 11 is 3.32. The SMILES string of the molecule is CC1COCCN1c1ncc(Br)cn1. The molecule has 5 heteroatoms. The highest BCUT2D eigenvalue weighted by atomic mass is 79.9. The highest BCUT2D eigenvalue weighted by Gasteiger charge is 2.20. The van der Waals surface area contributed by atoms with Crippen molar-refractivity contribution in [1.82, 2.24) is 9.97 Å². The molecule has 0 aliphatic carbocycles. The number of rotatable bonds is 1. The van der Waals surface area contributed by atoms with E-state index < -0.39 is 0 Å². The van der Waals surface area contributed by atoms with E-state index in [1.54, 1.807) is 12.4 Å². The van der Waals surface area contributed by atoms with Crippen molar-refractivity contribution < 1.29 is 4.74 Å². The summed E-state index contributed by atoms with van der Waals surface area (Å²) in [6.07, 6.45) is 3.54. The first-order chi connectivity index (χ1) is 6.77. The molecule has 2 heterocycles. The molecule has 1 aromatic heterocycles. The van der Waals surface area contributed by atoms with E-state index in [1.807, 2.05) is 0 Å². The molecule has 1 saturated heterocycles. The van der Waals surface area contributed by atoms with Crippen molar-refractivity contribution in [2.75, 3.05) is 24.7 Å². The molecule has 4 nitrogen and oxygen atoms in total. The summed E-state index contributed by atoms with van der Waals surface area (Å²) in [5.41, 5.74) is 0. The molecule has 1 fully saturated rings. The van der Waals surface area contributed by atoms with Crippen LogP contribution < -0.4 is 4.90 Å². The third kappa shape index (κ3) is 2.04. The zero-order chi connectivity index (χ0) is 9.97. The van der Waals surface area contributed by atoms with Gasteiger partial charge in [-0.2, -0.15) is 0 Å². The summed E-state index contributed by atoms with van der Waals surface area (Å²) in [5.74, 6) is 0.781. The van der Waals surface area contributed by atoms with Gasteiger partial charge in [0.1, 0.15) is 0 Å². The molecule has 0 radical (unpaired) electrons. The van der Waals surface area contributed by atoms with Crippen LogP contribution in [-0.2, 0) is 4.74 Å². The molecule has 1 aliphatic rings. The van der Waals surface area contributed by atoms with Gasteiger partial charge in [-0.3, -0.25) is 0 Å². The van der Waals surface area contributed by atoms with Gasteiger partial charge in [-0.1, -0.05) is 0 Å². The summed E-state index contributed by atoms with van der Waals surface area (Å²) in [5, 5.41) is 0. The summed E-state index contributed by atoms with van der Waals surface area (Å²) in [6.45, 7) is 4.48. The lowest BCUT2D eigenvalue weighted by Crippen LogP contribution is -2.44. The molecule has 0 aromatic carbocycles. The molecule has 0 bridgehead atoms. The van der Waals surface area contributed by atoms with Gasteiger partial charge in [0.2, 0.25) is 5.95 Å². The fraction of sp³-hybridized carbons (Fsp3) is 0.556. The molecule has 0 spiro atoms. The van der Waals surface area contributed by atoms with Crippen LogP contribution >= 0.6 is 15.9 Å². The lowest BCUT2D eigenvalue weighted by molar-refractivity contribution is 0.0981. The number of hydrogen-bond donors (Lipinski definition) is 0. The minimum atomic E-state index is 0.352. The highest BCUT2D eigenvalue weighted by Crippen LogP contribution is 2.15. The van der Waals surface area contributed by atoms with E-state index in [4.69, 9.17) is 4.74 Å². The van der Waals surface area contributed by atoms with Gasteiger partial charge in [0, 0.05) is 18.9 Å². The van der Waals surface area contributed by atoms with Crippen LogP contribution in [0.15, 0.2) is 16.9 Å². The van der Waals surface area contributed by atoms with Crippen molar-refractivity contribution >= 4 is 21.9 Å². The third-order valence-corrected chi connectivity index (χ3v) is 2.64. The smallest absolute Gasteiger partial charge is 0.225 e. The van der Waals surface area contributed by atoms with Crippen molar-refractivity contribution in [2.45, 2.75) is 13.0 Å². The Bertz CT molecular complexity index is 303. The fourth-order valence-corrected chi connectivity index (χ4v) is 1.68. The van der Waals surface area contributed by atoms with Gasteiger partial charge >= 0.3 is 0 Å². The summed E-state index contributed by atoms with van der Waals surface area (Å²) in [6, 6.07) is 0.352. The maximum atomic E-state index is 5.35. The van der Waals surface area contributed by atoms with Crippen molar-refractivity contribution in [3.63, 3.8) is 0 Å². The van der Waals surface area contributed by atoms with E-state index in [9.17, 15) is 0 Å². The average molecular weight is 258 g/mol. The number of morpholine rings is 1. The number of anilines is 1. The number of hydrogen-bond acceptors (Lipinski definition) is 4. The van der Waals surface area contributed by atoms with Gasteiger partial charge in [0.05, 0.1) is 23.7 Å². The van der Waals surface area contributed by atoms with E-state index in [0.717, 1.165) is 30.2 Å². The molecule has 0 amide bonds. The van der Waals surface area contributed by atoms with Crippen LogP contribution in [0.5, 0.6) is 0 Å². The van der Waals surface area contributed by atoms with Crippen LogP contribution in [0.25, 0.3) is 0 Å². The molecular weight excluding hydrogens is 246 g/mol. The highest BCUT2D eigenvalue weighted by molar-refractivity contribution is 9.10. The van der Waals surface area contributed by atoms with Gasteiger partial charge in [-0.25, -0.2) is 9.97 Å². The number of nitrogens with zero attached hydrogens (tertiary/aromatic N) is 3. The predicted molar refractivity (Wildman–Crippen MR) is 57.4 cm³/mol. The first kappa shape index (κ1) is 9.86. The average Bonchev–Trinajstić information content (AvgIpc) is 2.20. The largest absolute Gasteiger partial charge is 0.377 e. The molecule has 2 rings (SSSR count). The molecular formula is C9H12BrN3O. The van der Waals surface area contributed by atoms with E-state index >= 15 is 0 Å². The topological polar surface area (TPSA) is 38.2 Å². The Labute approximate surface area is 91.4 Å². The van der Waals surface area contributed by atoms with Crippen molar-refractivity contribution in [2.24, 2.45) is 0 Å². The van der Waals surface area contributed by atoms with E-state index in [0.29, 0.717) is 6.04 Å². The molecule has 1 unspecified atom stereocenters. The van der Waals surface area contributed by atoms with Gasteiger partial charge in [-0.05, 0) is 22.9 Å². The molecule has 0 N–H and O–H groups in total. The molecule has 76 valence electrons. The van der Waals surface area contributed by atoms with E-state index in [2.05, 4.69) is 37.7 Å². The number of ether oxygens (including phenoxy) is 1. The van der Waals surface area contributed by atoms with Crippen LogP contribution in [0, 0.1) is 0 Å². The Kier molecular flexibility index (Phi) is 2.98. The molecule has 1 aromatic rings. The quantitative estimate of drug-likeness (QED) is 0.764. The summed E-state index contributed by atoms with van der Waals surface area (Å²) in [7, 11) is 0. The summed E-state index contributed by atoms with van der Waals surface area (Å²) in [4.78, 5) is 10.7. The number of halogens is 1. The van der Waals surface area contributed by atoms with Gasteiger partial charge in [0.25, 0.3) is 0 Å². The normalized spacial score (nSPS) is 22.4. The standard InChI is InChI=1S/C9H12BrN3O/c1-7-6-14-3-2-13(7)9-11-4-8(10)5-12-9/h4-5,7H,2-3,6H2,1H3. The van der Waals surface area contributed by atoms with Crippen LogP contribution in [0.3, 0.4) is 0 Å². The number of aromatic nitrogens is 2. The lowest BCUT2D eigenvalue weighted by atomic mass is 10.3. The van der Waals surface area contributed by atoms with Crippen LogP contribution in [0.4, 0.5) is 5.95 Å². The second-order valence-electron chi connectivity index (χ2n) is 3.32. The summed E-state index contributed by atoms with van der Waals surface area (Å²) < 4.78 is 6.26. The molecule has 14 heavy (non-hydrogen) atoms. The van der Waals surface area contributed by atoms with Crippen LogP contribution in [-0.4, -0.2) is 35.8 Å². The molecule has 0 saturated carbocycles. The fourth-order valence-electron chi connectivity index (χ4n) is 1.48. The van der Waals surface area contributed by atoms with Gasteiger partial charge in [0.15, 0.2) is 0 Å². The van der Waals surface area contributed by atoms with E-state index in [1.165, 1.54) is 0 Å². The first-order valence-corrected chi connectivity index (χ1v) is 5.38. The van der Waals surface area contributed by atoms with Gasteiger partial charge < -0.3 is 9.64 Å².